The Labute approximate surface area is 153 Å². The fourth-order valence-electron chi connectivity index (χ4n) is 3.94. The van der Waals surface area contributed by atoms with Crippen LogP contribution < -0.4 is 5.56 Å². The van der Waals surface area contributed by atoms with Crippen LogP contribution in [0.15, 0.2) is 35.3 Å². The van der Waals surface area contributed by atoms with Crippen LogP contribution in [0.1, 0.15) is 39.5 Å². The lowest BCUT2D eigenvalue weighted by molar-refractivity contribution is 0.112. The number of fused-ring (bicyclic) bond motifs is 4. The number of aromatic nitrogens is 3. The molecule has 0 fully saturated rings. The SMILES string of the molecule is O=Cc1cn(Cc2nc3sc4c(c3c(=O)[nH]2)CCCC4)c2ccccc12. The fraction of sp³-hybridized carbons (Fsp3) is 0.250. The van der Waals surface area contributed by atoms with E-state index in [9.17, 15) is 9.59 Å². The number of aromatic amines is 1. The van der Waals surface area contributed by atoms with Gasteiger partial charge in [-0.15, -0.1) is 11.3 Å². The highest BCUT2D eigenvalue weighted by molar-refractivity contribution is 7.18. The number of benzene rings is 1. The maximum atomic E-state index is 12.7. The zero-order valence-electron chi connectivity index (χ0n) is 14.1. The first-order chi connectivity index (χ1) is 12.7. The molecular weight excluding hydrogens is 346 g/mol. The van der Waals surface area contributed by atoms with Gasteiger partial charge in [0.2, 0.25) is 0 Å². The summed E-state index contributed by atoms with van der Waals surface area (Å²) in [5.74, 6) is 0.624. The molecule has 5 nitrogen and oxygen atoms in total. The minimum absolute atomic E-state index is 0.0449. The molecule has 0 radical (unpaired) electrons. The van der Waals surface area contributed by atoms with Crippen molar-refractivity contribution in [2.75, 3.05) is 0 Å². The summed E-state index contributed by atoms with van der Waals surface area (Å²) >= 11 is 1.66. The van der Waals surface area contributed by atoms with Gasteiger partial charge >= 0.3 is 0 Å². The number of aldehydes is 1. The minimum atomic E-state index is -0.0449. The molecule has 6 heteroatoms. The number of carbonyl (C=O) groups is 1. The van der Waals surface area contributed by atoms with Gasteiger partial charge in [0.15, 0.2) is 6.29 Å². The van der Waals surface area contributed by atoms with Crippen molar-refractivity contribution in [2.24, 2.45) is 0 Å². The van der Waals surface area contributed by atoms with Gasteiger partial charge in [-0.05, 0) is 37.3 Å². The molecule has 3 aromatic heterocycles. The summed E-state index contributed by atoms with van der Waals surface area (Å²) in [6.07, 6.45) is 7.05. The molecule has 1 aliphatic carbocycles. The number of nitrogens with one attached hydrogen (secondary N) is 1. The number of hydrogen-bond donors (Lipinski definition) is 1. The second kappa shape index (κ2) is 5.92. The summed E-state index contributed by atoms with van der Waals surface area (Å²) in [5, 5.41) is 1.69. The monoisotopic (exact) mass is 363 g/mol. The van der Waals surface area contributed by atoms with Crippen LogP contribution in [0.2, 0.25) is 0 Å². The lowest BCUT2D eigenvalue weighted by atomic mass is 9.97. The number of rotatable bonds is 3. The van der Waals surface area contributed by atoms with E-state index in [1.807, 2.05) is 35.0 Å². The summed E-state index contributed by atoms with van der Waals surface area (Å²) in [5.41, 5.74) is 2.76. The van der Waals surface area contributed by atoms with Crippen molar-refractivity contribution in [3.63, 3.8) is 0 Å². The van der Waals surface area contributed by atoms with E-state index < -0.39 is 0 Å². The number of carbonyl (C=O) groups excluding carboxylic acids is 1. The smallest absolute Gasteiger partial charge is 0.259 e. The molecule has 0 unspecified atom stereocenters. The molecule has 3 heterocycles. The van der Waals surface area contributed by atoms with E-state index >= 15 is 0 Å². The van der Waals surface area contributed by atoms with Crippen molar-refractivity contribution in [1.29, 1.82) is 0 Å². The normalized spacial score (nSPS) is 14.0. The van der Waals surface area contributed by atoms with E-state index in [1.165, 1.54) is 16.9 Å². The summed E-state index contributed by atoms with van der Waals surface area (Å²) in [4.78, 5) is 33.9. The highest BCUT2D eigenvalue weighted by Gasteiger charge is 2.20. The maximum Gasteiger partial charge on any atom is 0.259 e. The van der Waals surface area contributed by atoms with Crippen molar-refractivity contribution >= 4 is 38.7 Å². The van der Waals surface area contributed by atoms with Gasteiger partial charge in [0.1, 0.15) is 10.7 Å². The lowest BCUT2D eigenvalue weighted by Crippen LogP contribution is -2.14. The molecule has 130 valence electrons. The molecule has 1 aliphatic rings. The van der Waals surface area contributed by atoms with E-state index in [0.29, 0.717) is 17.9 Å². The van der Waals surface area contributed by atoms with Crippen molar-refractivity contribution in [2.45, 2.75) is 32.2 Å². The van der Waals surface area contributed by atoms with Gasteiger partial charge in [-0.1, -0.05) is 18.2 Å². The first-order valence-corrected chi connectivity index (χ1v) is 9.63. The van der Waals surface area contributed by atoms with Crippen molar-refractivity contribution in [3.8, 4) is 0 Å². The molecule has 0 saturated heterocycles. The topological polar surface area (TPSA) is 67.8 Å². The molecule has 1 aromatic carbocycles. The molecule has 0 spiro atoms. The predicted octanol–water partition coefficient (Wildman–Crippen LogP) is 3.68. The van der Waals surface area contributed by atoms with E-state index in [2.05, 4.69) is 4.98 Å². The number of thiophene rings is 1. The Morgan fingerprint density at radius 1 is 1.23 bits per heavy atom. The summed E-state index contributed by atoms with van der Waals surface area (Å²) in [6.45, 7) is 0.433. The molecule has 0 atom stereocenters. The number of H-pyrrole nitrogens is 1. The second-order valence-electron chi connectivity index (χ2n) is 6.75. The molecule has 1 N–H and O–H groups in total. The van der Waals surface area contributed by atoms with Crippen LogP contribution in [0.5, 0.6) is 0 Å². The Morgan fingerprint density at radius 2 is 2.08 bits per heavy atom. The van der Waals surface area contributed by atoms with E-state index in [0.717, 1.165) is 46.7 Å². The minimum Gasteiger partial charge on any atom is -0.339 e. The van der Waals surface area contributed by atoms with E-state index in [-0.39, 0.29) is 5.56 Å². The third kappa shape index (κ3) is 2.33. The van der Waals surface area contributed by atoms with Gasteiger partial charge in [-0.25, -0.2) is 4.98 Å². The largest absolute Gasteiger partial charge is 0.339 e. The summed E-state index contributed by atoms with van der Waals surface area (Å²) in [6, 6.07) is 7.77. The van der Waals surface area contributed by atoms with Crippen molar-refractivity contribution < 1.29 is 4.79 Å². The molecular formula is C20H17N3O2S. The van der Waals surface area contributed by atoms with Crippen LogP contribution in [-0.2, 0) is 19.4 Å². The van der Waals surface area contributed by atoms with Crippen LogP contribution >= 0.6 is 11.3 Å². The van der Waals surface area contributed by atoms with Gasteiger partial charge in [0.25, 0.3) is 5.56 Å². The summed E-state index contributed by atoms with van der Waals surface area (Å²) in [7, 11) is 0. The van der Waals surface area contributed by atoms with Crippen LogP contribution in [0.25, 0.3) is 21.1 Å². The van der Waals surface area contributed by atoms with Gasteiger partial charge in [-0.2, -0.15) is 0 Å². The highest BCUT2D eigenvalue weighted by Crippen LogP contribution is 2.33. The average Bonchev–Trinajstić information content (AvgIpc) is 3.20. The molecule has 0 amide bonds. The fourth-order valence-corrected chi connectivity index (χ4v) is 5.23. The molecule has 4 aromatic rings. The molecule has 0 bridgehead atoms. The number of aryl methyl sites for hydroxylation is 2. The molecule has 26 heavy (non-hydrogen) atoms. The highest BCUT2D eigenvalue weighted by atomic mass is 32.1. The van der Waals surface area contributed by atoms with E-state index in [4.69, 9.17) is 4.98 Å². The van der Waals surface area contributed by atoms with Gasteiger partial charge < -0.3 is 9.55 Å². The Hall–Kier alpha value is -2.73. The second-order valence-corrected chi connectivity index (χ2v) is 7.83. The van der Waals surface area contributed by atoms with E-state index in [1.54, 1.807) is 11.3 Å². The number of nitrogens with zero attached hydrogens (tertiary/aromatic N) is 2. The van der Waals surface area contributed by atoms with Gasteiger partial charge in [0, 0.05) is 27.5 Å². The van der Waals surface area contributed by atoms with Crippen LogP contribution in [0.4, 0.5) is 0 Å². The predicted molar refractivity (Wildman–Crippen MR) is 103 cm³/mol. The van der Waals surface area contributed by atoms with Crippen LogP contribution in [0.3, 0.4) is 0 Å². The quantitative estimate of drug-likeness (QED) is 0.565. The van der Waals surface area contributed by atoms with Crippen LogP contribution in [0, 0.1) is 0 Å². The third-order valence-corrected chi connectivity index (χ3v) is 6.33. The Balaban J connectivity index is 1.62. The maximum absolute atomic E-state index is 12.7. The Bertz CT molecular complexity index is 1220. The average molecular weight is 363 g/mol. The molecule has 5 rings (SSSR count). The summed E-state index contributed by atoms with van der Waals surface area (Å²) < 4.78 is 1.97. The Morgan fingerprint density at radius 3 is 2.96 bits per heavy atom. The molecule has 0 aliphatic heterocycles. The van der Waals surface area contributed by atoms with Crippen LogP contribution in [-0.4, -0.2) is 20.8 Å². The van der Waals surface area contributed by atoms with Crippen molar-refractivity contribution in [1.82, 2.24) is 14.5 Å². The number of hydrogen-bond acceptors (Lipinski definition) is 4. The lowest BCUT2D eigenvalue weighted by Gasteiger charge is -2.09. The van der Waals surface area contributed by atoms with Gasteiger partial charge in [0.05, 0.1) is 11.9 Å². The first kappa shape index (κ1) is 15.5. The standard InChI is InChI=1S/C20H17N3O2S/c24-11-12-9-23(15-7-3-1-5-13(12)15)10-17-21-19(25)18-14-6-2-4-8-16(14)26-20(18)22-17/h1,3,5,7,9,11H,2,4,6,8,10H2,(H,21,22,25). The van der Waals surface area contributed by atoms with Crippen molar-refractivity contribution in [3.05, 3.63) is 62.6 Å². The Kier molecular flexibility index (Phi) is 3.53. The molecule has 0 saturated carbocycles. The third-order valence-electron chi connectivity index (χ3n) is 5.14. The number of para-hydroxylation sites is 1. The first-order valence-electron chi connectivity index (χ1n) is 8.81. The zero-order chi connectivity index (χ0) is 17.7. The zero-order valence-corrected chi connectivity index (χ0v) is 14.9. The van der Waals surface area contributed by atoms with Gasteiger partial charge in [-0.3, -0.25) is 9.59 Å².